The van der Waals surface area contributed by atoms with Crippen LogP contribution in [-0.4, -0.2) is 15.6 Å². The Morgan fingerprint density at radius 3 is 2.81 bits per heavy atom. The molecule has 2 unspecified atom stereocenters. The second-order valence-electron chi connectivity index (χ2n) is 6.20. The number of hydrogen-bond donors (Lipinski definition) is 1. The summed E-state index contributed by atoms with van der Waals surface area (Å²) in [7, 11) is 0. The lowest BCUT2D eigenvalue weighted by atomic mass is 9.83. The number of aryl methyl sites for hydroxylation is 1. The fourth-order valence-electron chi connectivity index (χ4n) is 3.80. The van der Waals surface area contributed by atoms with E-state index < -0.39 is 0 Å². The maximum absolute atomic E-state index is 4.82. The van der Waals surface area contributed by atoms with Gasteiger partial charge in [0.2, 0.25) is 0 Å². The molecule has 0 amide bonds. The van der Waals surface area contributed by atoms with E-state index >= 15 is 0 Å². The molecule has 3 nitrogen and oxygen atoms in total. The lowest BCUT2D eigenvalue weighted by Gasteiger charge is -2.31. The number of benzene rings is 1. The van der Waals surface area contributed by atoms with Gasteiger partial charge in [-0.2, -0.15) is 0 Å². The van der Waals surface area contributed by atoms with E-state index in [0.29, 0.717) is 6.04 Å². The van der Waals surface area contributed by atoms with Gasteiger partial charge in [0.25, 0.3) is 0 Å². The molecule has 1 aliphatic carbocycles. The number of nitrogens with zero attached hydrogens (tertiary/aromatic N) is 2. The van der Waals surface area contributed by atoms with Crippen LogP contribution in [0.25, 0.3) is 11.0 Å². The van der Waals surface area contributed by atoms with E-state index in [2.05, 4.69) is 48.0 Å². The Balaban J connectivity index is 1.75. The molecule has 0 radical (unpaired) electrons. The van der Waals surface area contributed by atoms with Crippen LogP contribution >= 0.6 is 0 Å². The van der Waals surface area contributed by atoms with Crippen molar-refractivity contribution in [2.24, 2.45) is 5.92 Å². The van der Waals surface area contributed by atoms with Crippen LogP contribution in [-0.2, 0) is 13.1 Å². The maximum Gasteiger partial charge on any atom is 0.123 e. The Kier molecular flexibility index (Phi) is 4.59. The first-order chi connectivity index (χ1) is 10.3. The number of imidazole rings is 1. The summed E-state index contributed by atoms with van der Waals surface area (Å²) in [6.45, 7) is 6.40. The molecular weight excluding hydrogens is 258 g/mol. The highest BCUT2D eigenvalue weighted by atomic mass is 15.1. The third kappa shape index (κ3) is 2.98. The molecule has 2 aromatic rings. The normalized spacial score (nSPS) is 22.8. The van der Waals surface area contributed by atoms with Gasteiger partial charge in [-0.25, -0.2) is 4.98 Å². The Bertz CT molecular complexity index is 587. The molecule has 1 heterocycles. The molecule has 3 heteroatoms. The number of fused-ring (bicyclic) bond motifs is 1. The van der Waals surface area contributed by atoms with E-state index in [1.54, 1.807) is 0 Å². The van der Waals surface area contributed by atoms with Crippen molar-refractivity contribution in [2.45, 2.75) is 65.1 Å². The van der Waals surface area contributed by atoms with Gasteiger partial charge in [0.05, 0.1) is 17.6 Å². The molecule has 2 atom stereocenters. The minimum absolute atomic E-state index is 0.675. The van der Waals surface area contributed by atoms with Gasteiger partial charge in [0.15, 0.2) is 0 Å². The van der Waals surface area contributed by atoms with Crippen LogP contribution < -0.4 is 5.32 Å². The van der Waals surface area contributed by atoms with Crippen LogP contribution in [0.2, 0.25) is 0 Å². The summed E-state index contributed by atoms with van der Waals surface area (Å²) in [6.07, 6.45) is 6.79. The van der Waals surface area contributed by atoms with E-state index in [1.165, 1.54) is 43.4 Å². The van der Waals surface area contributed by atoms with Gasteiger partial charge in [-0.05, 0) is 37.8 Å². The SMILES string of the molecule is CCC1CCCCC1NCc1nc2ccccc2n1CC. The molecule has 114 valence electrons. The summed E-state index contributed by atoms with van der Waals surface area (Å²) >= 11 is 0. The van der Waals surface area contributed by atoms with Crippen LogP contribution in [0.1, 0.15) is 51.8 Å². The van der Waals surface area contributed by atoms with Crippen LogP contribution in [0.5, 0.6) is 0 Å². The molecule has 1 aromatic carbocycles. The van der Waals surface area contributed by atoms with Crippen LogP contribution in [0, 0.1) is 5.92 Å². The first-order valence-electron chi connectivity index (χ1n) is 8.51. The Morgan fingerprint density at radius 1 is 1.19 bits per heavy atom. The molecular formula is C18H27N3. The van der Waals surface area contributed by atoms with Gasteiger partial charge in [0.1, 0.15) is 5.82 Å². The molecule has 0 bridgehead atoms. The molecule has 21 heavy (non-hydrogen) atoms. The second-order valence-corrected chi connectivity index (χ2v) is 6.20. The van der Waals surface area contributed by atoms with Crippen LogP contribution in [0.4, 0.5) is 0 Å². The van der Waals surface area contributed by atoms with Gasteiger partial charge in [-0.1, -0.05) is 38.3 Å². The summed E-state index contributed by atoms with van der Waals surface area (Å²) in [5.74, 6) is 2.03. The monoisotopic (exact) mass is 285 g/mol. The minimum Gasteiger partial charge on any atom is -0.327 e. The molecule has 1 fully saturated rings. The van der Waals surface area contributed by atoms with Gasteiger partial charge in [0, 0.05) is 12.6 Å². The zero-order valence-corrected chi connectivity index (χ0v) is 13.3. The van der Waals surface area contributed by atoms with E-state index in [4.69, 9.17) is 4.98 Å². The molecule has 1 N–H and O–H groups in total. The van der Waals surface area contributed by atoms with Crippen molar-refractivity contribution >= 4 is 11.0 Å². The maximum atomic E-state index is 4.82. The predicted octanol–water partition coefficient (Wildman–Crippen LogP) is 4.11. The van der Waals surface area contributed by atoms with E-state index in [9.17, 15) is 0 Å². The lowest BCUT2D eigenvalue weighted by molar-refractivity contribution is 0.252. The Labute approximate surface area is 127 Å². The number of nitrogens with one attached hydrogen (secondary N) is 1. The summed E-state index contributed by atoms with van der Waals surface area (Å²) in [6, 6.07) is 9.13. The number of hydrogen-bond acceptors (Lipinski definition) is 2. The average Bonchev–Trinajstić information content (AvgIpc) is 2.90. The highest BCUT2D eigenvalue weighted by Gasteiger charge is 2.23. The zero-order chi connectivity index (χ0) is 14.7. The quantitative estimate of drug-likeness (QED) is 0.895. The number of para-hydroxylation sites is 2. The summed E-state index contributed by atoms with van der Waals surface area (Å²) < 4.78 is 2.34. The predicted molar refractivity (Wildman–Crippen MR) is 88.3 cm³/mol. The van der Waals surface area contributed by atoms with Crippen molar-refractivity contribution in [3.05, 3.63) is 30.1 Å². The third-order valence-electron chi connectivity index (χ3n) is 5.01. The standard InChI is InChI=1S/C18H27N3/c1-3-14-9-5-6-10-15(14)19-13-18-20-16-11-7-8-12-17(16)21(18)4-2/h7-8,11-12,14-15,19H,3-6,9-10,13H2,1-2H3. The van der Waals surface area contributed by atoms with Crippen molar-refractivity contribution in [3.63, 3.8) is 0 Å². The van der Waals surface area contributed by atoms with Crippen molar-refractivity contribution < 1.29 is 0 Å². The highest BCUT2D eigenvalue weighted by molar-refractivity contribution is 5.75. The van der Waals surface area contributed by atoms with Crippen molar-refractivity contribution in [3.8, 4) is 0 Å². The molecule has 3 rings (SSSR count). The van der Waals surface area contributed by atoms with Gasteiger partial charge >= 0.3 is 0 Å². The van der Waals surface area contributed by atoms with Gasteiger partial charge < -0.3 is 9.88 Å². The fourth-order valence-corrected chi connectivity index (χ4v) is 3.80. The van der Waals surface area contributed by atoms with E-state index in [0.717, 1.165) is 24.5 Å². The minimum atomic E-state index is 0.675. The largest absolute Gasteiger partial charge is 0.327 e. The molecule has 1 aromatic heterocycles. The van der Waals surface area contributed by atoms with E-state index in [1.807, 2.05) is 0 Å². The molecule has 1 aliphatic rings. The highest BCUT2D eigenvalue weighted by Crippen LogP contribution is 2.27. The van der Waals surface area contributed by atoms with Crippen molar-refractivity contribution in [1.82, 2.24) is 14.9 Å². The van der Waals surface area contributed by atoms with E-state index in [-0.39, 0.29) is 0 Å². The fraction of sp³-hybridized carbons (Fsp3) is 0.611. The molecule has 0 aliphatic heterocycles. The topological polar surface area (TPSA) is 29.9 Å². The summed E-state index contributed by atoms with van der Waals surface area (Å²) in [5, 5.41) is 3.79. The molecule has 0 saturated heterocycles. The summed E-state index contributed by atoms with van der Waals surface area (Å²) in [4.78, 5) is 4.82. The lowest BCUT2D eigenvalue weighted by Crippen LogP contribution is -2.38. The smallest absolute Gasteiger partial charge is 0.123 e. The van der Waals surface area contributed by atoms with Crippen molar-refractivity contribution in [1.29, 1.82) is 0 Å². The average molecular weight is 285 g/mol. The second kappa shape index (κ2) is 6.61. The first-order valence-corrected chi connectivity index (χ1v) is 8.51. The van der Waals surface area contributed by atoms with Gasteiger partial charge in [-0.15, -0.1) is 0 Å². The summed E-state index contributed by atoms with van der Waals surface area (Å²) in [5.41, 5.74) is 2.37. The zero-order valence-electron chi connectivity index (χ0n) is 13.3. The molecule has 0 spiro atoms. The first kappa shape index (κ1) is 14.6. The van der Waals surface area contributed by atoms with Gasteiger partial charge in [-0.3, -0.25) is 0 Å². The molecule has 1 saturated carbocycles. The van der Waals surface area contributed by atoms with Crippen LogP contribution in [0.15, 0.2) is 24.3 Å². The Hall–Kier alpha value is -1.35. The number of aromatic nitrogens is 2. The third-order valence-corrected chi connectivity index (χ3v) is 5.01. The van der Waals surface area contributed by atoms with Crippen LogP contribution in [0.3, 0.4) is 0 Å². The number of rotatable bonds is 5. The van der Waals surface area contributed by atoms with Crippen molar-refractivity contribution in [2.75, 3.05) is 0 Å². The Morgan fingerprint density at radius 2 is 2.00 bits per heavy atom.